The summed E-state index contributed by atoms with van der Waals surface area (Å²) in [7, 11) is 1.47. The van der Waals surface area contributed by atoms with E-state index >= 15 is 0 Å². The van der Waals surface area contributed by atoms with E-state index < -0.39 is 20.0 Å². The molecule has 2 N–H and O–H groups in total. The van der Waals surface area contributed by atoms with Crippen molar-refractivity contribution in [1.82, 2.24) is 5.32 Å². The number of carbonyl (C=O) groups is 2. The van der Waals surface area contributed by atoms with Crippen molar-refractivity contribution in [3.05, 3.63) is 97.2 Å². The molecule has 3 atom stereocenters. The van der Waals surface area contributed by atoms with Crippen molar-refractivity contribution < 1.29 is 37.3 Å². The molecule has 0 aromatic heterocycles. The molecule has 0 aliphatic carbocycles. The third kappa shape index (κ3) is 57.4. The fraction of sp³-hybridized carbons (Fsp3) is 0.731. The van der Waals surface area contributed by atoms with Gasteiger partial charge in [0, 0.05) is 12.8 Å². The highest BCUT2D eigenvalue weighted by molar-refractivity contribution is 7.47. The molecule has 0 heterocycles. The quantitative estimate of drug-likeness (QED) is 0.0205. The molecule has 0 aromatic carbocycles. The molecule has 0 aliphatic rings. The van der Waals surface area contributed by atoms with Gasteiger partial charge in [-0.3, -0.25) is 18.6 Å². The molecular weight excluding hydrogens is 976 g/mol. The Balaban J connectivity index is 5.25. The first-order valence-electron chi connectivity index (χ1n) is 31.6. The summed E-state index contributed by atoms with van der Waals surface area (Å²) in [5.74, 6) is -0.534. The third-order valence-corrected chi connectivity index (χ3v) is 14.5. The number of hydrogen-bond donors (Lipinski definition) is 2. The minimum absolute atomic E-state index is 0.0317. The van der Waals surface area contributed by atoms with E-state index in [0.717, 1.165) is 122 Å². The predicted octanol–water partition coefficient (Wildman–Crippen LogP) is 19.6. The van der Waals surface area contributed by atoms with Crippen molar-refractivity contribution in [2.24, 2.45) is 0 Å². The van der Waals surface area contributed by atoms with Gasteiger partial charge in [0.15, 0.2) is 0 Å². The topological polar surface area (TPSA) is 111 Å². The maximum atomic E-state index is 13.5. The average Bonchev–Trinajstić information content (AvgIpc) is 3.39. The van der Waals surface area contributed by atoms with Gasteiger partial charge in [0.25, 0.3) is 0 Å². The number of nitrogens with zero attached hydrogens (tertiary/aromatic N) is 1. The van der Waals surface area contributed by atoms with E-state index in [2.05, 4.69) is 111 Å². The van der Waals surface area contributed by atoms with Crippen molar-refractivity contribution in [3.63, 3.8) is 0 Å². The zero-order chi connectivity index (χ0) is 56.4. The van der Waals surface area contributed by atoms with Crippen molar-refractivity contribution >= 4 is 19.7 Å². The van der Waals surface area contributed by atoms with Gasteiger partial charge in [-0.2, -0.15) is 0 Å². The second-order valence-electron chi connectivity index (χ2n) is 22.2. The molecule has 0 aliphatic heterocycles. The molecule has 10 heteroatoms. The summed E-state index contributed by atoms with van der Waals surface area (Å²) in [5.41, 5.74) is 0. The Hall–Kier alpha value is -3.07. The van der Waals surface area contributed by atoms with Crippen LogP contribution in [0.15, 0.2) is 97.2 Å². The van der Waals surface area contributed by atoms with Crippen molar-refractivity contribution in [1.29, 1.82) is 0 Å². The fourth-order valence-electron chi connectivity index (χ4n) is 8.64. The number of likely N-dealkylation sites (N-methyl/N-ethyl adjacent to an activating group) is 1. The number of phosphoric ester groups is 1. The number of unbranched alkanes of at least 4 members (excludes halogenated alkanes) is 26. The molecule has 77 heavy (non-hydrogen) atoms. The van der Waals surface area contributed by atoms with Gasteiger partial charge in [-0.05, 0) is 109 Å². The summed E-state index contributed by atoms with van der Waals surface area (Å²) in [6.45, 7) is 6.85. The number of ether oxygens (including phenoxy) is 1. The molecular formula is C67H120N2O7P+. The van der Waals surface area contributed by atoms with Crippen LogP contribution in [0.5, 0.6) is 0 Å². The van der Waals surface area contributed by atoms with Crippen LogP contribution < -0.4 is 5.32 Å². The monoisotopic (exact) mass is 1100 g/mol. The van der Waals surface area contributed by atoms with Gasteiger partial charge in [-0.25, -0.2) is 4.57 Å². The summed E-state index contributed by atoms with van der Waals surface area (Å²) in [5, 5.41) is 3.05. The van der Waals surface area contributed by atoms with Crippen LogP contribution in [0.3, 0.4) is 0 Å². The first-order valence-corrected chi connectivity index (χ1v) is 33.1. The lowest BCUT2D eigenvalue weighted by Gasteiger charge is -2.27. The van der Waals surface area contributed by atoms with E-state index in [4.69, 9.17) is 13.8 Å². The molecule has 444 valence electrons. The normalized spacial score (nSPS) is 14.3. The van der Waals surface area contributed by atoms with Crippen molar-refractivity contribution in [2.45, 2.75) is 277 Å². The number of esters is 1. The highest BCUT2D eigenvalue weighted by Gasteiger charge is 2.30. The summed E-state index contributed by atoms with van der Waals surface area (Å²) in [6.07, 6.45) is 75.4. The SMILES string of the molecule is CC/C=C\C/C=C\C/C=C\C/C=C\C/C=C\CCCCCCCC(=O)OC(/C=C/CCCCCCCCCCC)C(COP(=O)(O)OCC[N+](C)(C)C)NC(=O)CCCCCCCCCCC/C=C\C/C=C\CCCCC. The number of nitrogens with one attached hydrogen (secondary N) is 1. The Kier molecular flexibility index (Phi) is 54.0. The largest absolute Gasteiger partial charge is 0.472 e. The van der Waals surface area contributed by atoms with Crippen LogP contribution in [0.1, 0.15) is 265 Å². The number of carbonyl (C=O) groups excluding carboxylic acids is 2. The van der Waals surface area contributed by atoms with E-state index in [1.54, 1.807) is 0 Å². The minimum Gasteiger partial charge on any atom is -0.456 e. The molecule has 0 radical (unpaired) electrons. The van der Waals surface area contributed by atoms with Gasteiger partial charge >= 0.3 is 13.8 Å². The van der Waals surface area contributed by atoms with E-state index in [1.165, 1.54) is 103 Å². The third-order valence-electron chi connectivity index (χ3n) is 13.5. The lowest BCUT2D eigenvalue weighted by atomic mass is 10.0. The fourth-order valence-corrected chi connectivity index (χ4v) is 9.38. The Bertz CT molecular complexity index is 1640. The lowest BCUT2D eigenvalue weighted by molar-refractivity contribution is -0.870. The maximum Gasteiger partial charge on any atom is 0.472 e. The molecule has 0 bridgehead atoms. The molecule has 0 spiro atoms. The number of hydrogen-bond acceptors (Lipinski definition) is 6. The zero-order valence-electron chi connectivity index (χ0n) is 50.7. The van der Waals surface area contributed by atoms with E-state index in [9.17, 15) is 19.0 Å². The second-order valence-corrected chi connectivity index (χ2v) is 23.6. The molecule has 9 nitrogen and oxygen atoms in total. The molecule has 0 saturated carbocycles. The first-order chi connectivity index (χ1) is 37.4. The number of allylic oxidation sites excluding steroid dienone is 15. The number of quaternary nitrogens is 1. The molecule has 0 fully saturated rings. The Labute approximate surface area is 475 Å². The van der Waals surface area contributed by atoms with Crippen LogP contribution in [0.4, 0.5) is 0 Å². The smallest absolute Gasteiger partial charge is 0.456 e. The van der Waals surface area contributed by atoms with Gasteiger partial charge in [-0.15, -0.1) is 0 Å². The highest BCUT2D eigenvalue weighted by atomic mass is 31.2. The molecule has 0 rings (SSSR count). The van der Waals surface area contributed by atoms with E-state index in [-0.39, 0.29) is 31.5 Å². The minimum atomic E-state index is -4.46. The van der Waals surface area contributed by atoms with Gasteiger partial charge < -0.3 is 19.4 Å². The van der Waals surface area contributed by atoms with Gasteiger partial charge in [0.2, 0.25) is 5.91 Å². The van der Waals surface area contributed by atoms with Crippen molar-refractivity contribution in [3.8, 4) is 0 Å². The Morgan fingerprint density at radius 3 is 1.27 bits per heavy atom. The van der Waals surface area contributed by atoms with Crippen LogP contribution >= 0.6 is 7.82 Å². The van der Waals surface area contributed by atoms with Crippen LogP contribution in [-0.4, -0.2) is 74.3 Å². The summed E-state index contributed by atoms with van der Waals surface area (Å²) in [6, 6.07) is -0.864. The van der Waals surface area contributed by atoms with E-state index in [1.807, 2.05) is 33.3 Å². The summed E-state index contributed by atoms with van der Waals surface area (Å²) in [4.78, 5) is 37.7. The predicted molar refractivity (Wildman–Crippen MR) is 332 cm³/mol. The zero-order valence-corrected chi connectivity index (χ0v) is 51.6. The maximum absolute atomic E-state index is 13.5. The van der Waals surface area contributed by atoms with Gasteiger partial charge in [0.1, 0.15) is 19.3 Å². The molecule has 0 saturated heterocycles. The van der Waals surface area contributed by atoms with Crippen LogP contribution in [0.2, 0.25) is 0 Å². The highest BCUT2D eigenvalue weighted by Crippen LogP contribution is 2.43. The molecule has 1 amide bonds. The second kappa shape index (κ2) is 56.2. The van der Waals surface area contributed by atoms with Crippen LogP contribution in [0.25, 0.3) is 0 Å². The Morgan fingerprint density at radius 1 is 0.468 bits per heavy atom. The van der Waals surface area contributed by atoms with E-state index in [0.29, 0.717) is 23.9 Å². The number of phosphoric acid groups is 1. The molecule has 3 unspecified atom stereocenters. The van der Waals surface area contributed by atoms with Crippen LogP contribution in [0, 0.1) is 0 Å². The first kappa shape index (κ1) is 73.9. The molecule has 0 aromatic rings. The van der Waals surface area contributed by atoms with Gasteiger partial charge in [-0.1, -0.05) is 240 Å². The number of rotatable bonds is 56. The standard InChI is InChI=1S/C67H119N2O7P/c1-7-10-13-16-19-22-25-27-29-31-33-34-36-38-40-42-45-48-51-54-57-60-67(71)76-65(58-55-52-49-46-43-24-21-18-15-12-9-3)64(63-75-77(72,73)74-62-61-69(4,5)6)68-66(70)59-56-53-50-47-44-41-39-37-35-32-30-28-26-23-20-17-14-11-8-2/h10,13,19-20,22-23,27-30,33-34,38,40,55,58,64-65H,7-9,11-12,14-18,21,24-26,31-32,35-37,39,41-54,56-57,59-63H2,1-6H3,(H-,68,70,72,73)/p+1/b13-10-,22-19-,23-20-,29-27-,30-28-,34-33-,40-38-,58-55+. The summed E-state index contributed by atoms with van der Waals surface area (Å²) < 4.78 is 30.7. The number of amides is 1. The summed E-state index contributed by atoms with van der Waals surface area (Å²) >= 11 is 0. The lowest BCUT2D eigenvalue weighted by Crippen LogP contribution is -2.47. The van der Waals surface area contributed by atoms with Gasteiger partial charge in [0.05, 0.1) is 33.8 Å². The van der Waals surface area contributed by atoms with Crippen molar-refractivity contribution in [2.75, 3.05) is 40.9 Å². The Morgan fingerprint density at radius 2 is 0.831 bits per heavy atom. The average molecular weight is 1100 g/mol. The van der Waals surface area contributed by atoms with Crippen LogP contribution in [-0.2, 0) is 27.9 Å².